The highest BCUT2D eigenvalue weighted by Crippen LogP contribution is 2.37. The second-order valence-corrected chi connectivity index (χ2v) is 9.52. The molecule has 3 unspecified atom stereocenters. The number of allylic oxidation sites excluding steroid dienone is 2. The zero-order valence-corrected chi connectivity index (χ0v) is 20.0. The van der Waals surface area contributed by atoms with Gasteiger partial charge in [0.15, 0.2) is 0 Å². The number of rotatable bonds is 9. The number of likely N-dealkylation sites (tertiary alicyclic amines) is 1. The quantitative estimate of drug-likeness (QED) is 0.426. The van der Waals surface area contributed by atoms with Gasteiger partial charge >= 0.3 is 0 Å². The van der Waals surface area contributed by atoms with Gasteiger partial charge in [-0.15, -0.1) is 0 Å². The zero-order valence-electron chi connectivity index (χ0n) is 20.0. The van der Waals surface area contributed by atoms with Crippen LogP contribution in [0.25, 0.3) is 0 Å². The molecule has 2 aliphatic rings. The van der Waals surface area contributed by atoms with Crippen LogP contribution in [0.15, 0.2) is 54.9 Å². The second-order valence-electron chi connectivity index (χ2n) is 9.52. The first kappa shape index (κ1) is 24.4. The van der Waals surface area contributed by atoms with E-state index in [2.05, 4.69) is 15.7 Å². The Morgan fingerprint density at radius 3 is 2.43 bits per heavy atom. The molecule has 2 aromatic rings. The minimum atomic E-state index is -0.836. The van der Waals surface area contributed by atoms with E-state index in [-0.39, 0.29) is 54.5 Å². The Labute approximate surface area is 204 Å². The molecule has 1 aliphatic heterocycles. The van der Waals surface area contributed by atoms with Gasteiger partial charge in [-0.1, -0.05) is 38.1 Å². The summed E-state index contributed by atoms with van der Waals surface area (Å²) in [6, 6.07) is 8.10. The van der Waals surface area contributed by atoms with Gasteiger partial charge in [-0.05, 0) is 48.9 Å². The molecule has 1 aromatic heterocycles. The van der Waals surface area contributed by atoms with E-state index >= 15 is 0 Å². The maximum absolute atomic E-state index is 13.2. The summed E-state index contributed by atoms with van der Waals surface area (Å²) >= 11 is 0. The number of nitrogens with zero attached hydrogens (tertiary/aromatic N) is 3. The highest BCUT2D eigenvalue weighted by Gasteiger charge is 2.51. The number of imide groups is 1. The highest BCUT2D eigenvalue weighted by molar-refractivity contribution is 6.08. The molecular formula is C26H31N5O4. The van der Waals surface area contributed by atoms with Crippen molar-refractivity contribution in [3.05, 3.63) is 60.4 Å². The van der Waals surface area contributed by atoms with Crippen LogP contribution in [-0.4, -0.2) is 44.4 Å². The van der Waals surface area contributed by atoms with Crippen molar-refractivity contribution in [3.63, 3.8) is 0 Å². The van der Waals surface area contributed by atoms with Crippen molar-refractivity contribution in [3.8, 4) is 0 Å². The number of hydrogen-bond acceptors (Lipinski definition) is 5. The molecule has 184 valence electrons. The number of anilines is 1. The molecule has 0 spiro atoms. The summed E-state index contributed by atoms with van der Waals surface area (Å²) in [5.41, 5.74) is 1.39. The van der Waals surface area contributed by atoms with E-state index in [9.17, 15) is 19.2 Å². The van der Waals surface area contributed by atoms with Crippen LogP contribution in [0.2, 0.25) is 0 Å². The first-order valence-electron chi connectivity index (χ1n) is 12.0. The fourth-order valence-corrected chi connectivity index (χ4v) is 4.72. The van der Waals surface area contributed by atoms with Crippen molar-refractivity contribution in [2.75, 3.05) is 5.32 Å². The number of benzene rings is 1. The normalized spacial score (nSPS) is 20.1. The maximum Gasteiger partial charge on any atom is 0.246 e. The lowest BCUT2D eigenvalue weighted by Crippen LogP contribution is -2.50. The number of carbonyl (C=O) groups is 4. The third-order valence-corrected chi connectivity index (χ3v) is 6.39. The summed E-state index contributed by atoms with van der Waals surface area (Å²) in [6.45, 7) is 4.24. The molecule has 1 fully saturated rings. The Morgan fingerprint density at radius 1 is 1.09 bits per heavy atom. The smallest absolute Gasteiger partial charge is 0.246 e. The van der Waals surface area contributed by atoms with Gasteiger partial charge in [0.1, 0.15) is 12.6 Å². The minimum Gasteiger partial charge on any atom is -0.350 e. The molecule has 3 atom stereocenters. The van der Waals surface area contributed by atoms with Crippen LogP contribution in [0.4, 0.5) is 5.69 Å². The molecular weight excluding hydrogens is 446 g/mol. The summed E-state index contributed by atoms with van der Waals surface area (Å²) in [7, 11) is 0. The van der Waals surface area contributed by atoms with Crippen LogP contribution in [0.1, 0.15) is 38.7 Å². The topological polar surface area (TPSA) is 113 Å². The van der Waals surface area contributed by atoms with Crippen molar-refractivity contribution < 1.29 is 19.2 Å². The van der Waals surface area contributed by atoms with Gasteiger partial charge in [-0.25, -0.2) is 0 Å². The van der Waals surface area contributed by atoms with Crippen molar-refractivity contribution in [2.45, 2.75) is 52.2 Å². The molecule has 0 radical (unpaired) electrons. The van der Waals surface area contributed by atoms with Gasteiger partial charge < -0.3 is 10.6 Å². The summed E-state index contributed by atoms with van der Waals surface area (Å²) < 4.78 is 1.53. The number of nitrogens with one attached hydrogen (secondary N) is 2. The Balaban J connectivity index is 1.40. The van der Waals surface area contributed by atoms with E-state index in [0.29, 0.717) is 24.9 Å². The van der Waals surface area contributed by atoms with E-state index in [1.54, 1.807) is 36.7 Å². The fourth-order valence-electron chi connectivity index (χ4n) is 4.72. The minimum absolute atomic E-state index is 0.0975. The second kappa shape index (κ2) is 10.7. The lowest BCUT2D eigenvalue weighted by atomic mass is 9.85. The molecule has 9 heteroatoms. The molecule has 9 nitrogen and oxygen atoms in total. The average molecular weight is 478 g/mol. The summed E-state index contributed by atoms with van der Waals surface area (Å²) in [5, 5.41) is 9.74. The van der Waals surface area contributed by atoms with Gasteiger partial charge in [0.05, 0.1) is 11.8 Å². The van der Waals surface area contributed by atoms with Crippen LogP contribution in [0.3, 0.4) is 0 Å². The number of carbonyl (C=O) groups excluding carboxylic acids is 4. The number of aromatic nitrogens is 2. The van der Waals surface area contributed by atoms with Crippen molar-refractivity contribution >= 4 is 29.3 Å². The number of hydrogen-bond donors (Lipinski definition) is 2. The lowest BCUT2D eigenvalue weighted by molar-refractivity contribution is -0.148. The SMILES string of the molecule is CC(C)CC(C(=O)NCc1cccc(NC(=O)Cn2cccn2)c1)N1C(=O)C2CC=CCC2C1=O. The average Bonchev–Trinajstić information content (AvgIpc) is 3.42. The van der Waals surface area contributed by atoms with E-state index in [1.165, 1.54) is 9.58 Å². The summed E-state index contributed by atoms with van der Waals surface area (Å²) in [4.78, 5) is 52.8. The Hall–Kier alpha value is -3.75. The van der Waals surface area contributed by atoms with Crippen LogP contribution in [0, 0.1) is 17.8 Å². The van der Waals surface area contributed by atoms with Gasteiger partial charge in [0, 0.05) is 24.6 Å². The standard InChI is InChI=1S/C26H31N5O4/c1-17(2)13-22(31-25(34)20-9-3-4-10-21(20)26(31)35)24(33)27-15-18-7-5-8-19(14-18)29-23(32)16-30-12-6-11-28-30/h3-8,11-12,14,17,20-22H,9-10,13,15-16H2,1-2H3,(H,27,33)(H,29,32). The predicted octanol–water partition coefficient (Wildman–Crippen LogP) is 2.50. The zero-order chi connectivity index (χ0) is 24.9. The van der Waals surface area contributed by atoms with Crippen LogP contribution < -0.4 is 10.6 Å². The van der Waals surface area contributed by atoms with Crippen LogP contribution in [0.5, 0.6) is 0 Å². The van der Waals surface area contributed by atoms with E-state index in [1.807, 2.05) is 32.1 Å². The van der Waals surface area contributed by atoms with Crippen molar-refractivity contribution in [1.29, 1.82) is 0 Å². The molecule has 2 heterocycles. The van der Waals surface area contributed by atoms with Crippen molar-refractivity contribution in [2.24, 2.45) is 17.8 Å². The molecule has 4 rings (SSSR count). The van der Waals surface area contributed by atoms with Crippen LogP contribution >= 0.6 is 0 Å². The van der Waals surface area contributed by atoms with E-state index < -0.39 is 6.04 Å². The molecule has 0 bridgehead atoms. The summed E-state index contributed by atoms with van der Waals surface area (Å²) in [6.07, 6.45) is 8.68. The third-order valence-electron chi connectivity index (χ3n) is 6.39. The molecule has 0 saturated carbocycles. The van der Waals surface area contributed by atoms with Crippen molar-refractivity contribution in [1.82, 2.24) is 20.0 Å². The lowest BCUT2D eigenvalue weighted by Gasteiger charge is -2.27. The molecule has 1 aliphatic carbocycles. The van der Waals surface area contributed by atoms with Gasteiger partial charge in [0.2, 0.25) is 23.6 Å². The molecule has 1 saturated heterocycles. The molecule has 1 aromatic carbocycles. The van der Waals surface area contributed by atoms with Crippen LogP contribution in [-0.2, 0) is 32.3 Å². The Kier molecular flexibility index (Phi) is 7.43. The van der Waals surface area contributed by atoms with Gasteiger partial charge in [0.25, 0.3) is 0 Å². The third kappa shape index (κ3) is 5.67. The maximum atomic E-state index is 13.2. The summed E-state index contributed by atoms with van der Waals surface area (Å²) in [5.74, 6) is -1.65. The monoisotopic (exact) mass is 477 g/mol. The first-order chi connectivity index (χ1) is 16.8. The Bertz CT molecular complexity index is 1100. The highest BCUT2D eigenvalue weighted by atomic mass is 16.2. The molecule has 35 heavy (non-hydrogen) atoms. The van der Waals surface area contributed by atoms with E-state index in [4.69, 9.17) is 0 Å². The first-order valence-corrected chi connectivity index (χ1v) is 12.0. The van der Waals surface area contributed by atoms with Gasteiger partial charge in [-0.3, -0.25) is 28.8 Å². The predicted molar refractivity (Wildman–Crippen MR) is 130 cm³/mol. The fraction of sp³-hybridized carbons (Fsp3) is 0.423. The Morgan fingerprint density at radius 2 is 1.80 bits per heavy atom. The van der Waals surface area contributed by atoms with E-state index in [0.717, 1.165) is 5.56 Å². The van der Waals surface area contributed by atoms with Gasteiger partial charge in [-0.2, -0.15) is 5.10 Å². The molecule has 2 N–H and O–H groups in total. The number of fused-ring (bicyclic) bond motifs is 1. The largest absolute Gasteiger partial charge is 0.350 e. The molecule has 4 amide bonds. The number of amides is 4.